The van der Waals surface area contributed by atoms with Crippen LogP contribution in [-0.4, -0.2) is 23.4 Å². The van der Waals surface area contributed by atoms with Gasteiger partial charge >= 0.3 is 0 Å². The van der Waals surface area contributed by atoms with Crippen molar-refractivity contribution in [1.29, 1.82) is 0 Å². The van der Waals surface area contributed by atoms with Crippen LogP contribution in [0, 0.1) is 5.82 Å². The van der Waals surface area contributed by atoms with Crippen molar-refractivity contribution >= 4 is 44.3 Å². The van der Waals surface area contributed by atoms with Gasteiger partial charge in [0.2, 0.25) is 0 Å². The number of thioether (sulfide) groups is 1. The SMILES string of the molecule is O=C(NC1=NCCS1)c1cc2cc(F)ccc2s1. The summed E-state index contributed by atoms with van der Waals surface area (Å²) in [4.78, 5) is 16.7. The van der Waals surface area contributed by atoms with Gasteiger partial charge in [-0.05, 0) is 29.7 Å². The van der Waals surface area contributed by atoms with E-state index in [2.05, 4.69) is 10.3 Å². The molecule has 1 aliphatic rings. The number of thiophene rings is 1. The number of aliphatic imine (C=N–C) groups is 1. The molecule has 0 fully saturated rings. The van der Waals surface area contributed by atoms with E-state index in [1.54, 1.807) is 12.1 Å². The summed E-state index contributed by atoms with van der Waals surface area (Å²) in [5, 5.41) is 4.19. The monoisotopic (exact) mass is 280 g/mol. The summed E-state index contributed by atoms with van der Waals surface area (Å²) in [5.41, 5.74) is 0. The molecule has 0 saturated heterocycles. The second kappa shape index (κ2) is 4.70. The molecule has 3 nitrogen and oxygen atoms in total. The van der Waals surface area contributed by atoms with Gasteiger partial charge < -0.3 is 5.32 Å². The molecule has 6 heteroatoms. The Hall–Kier alpha value is -1.40. The van der Waals surface area contributed by atoms with E-state index in [0.29, 0.717) is 10.0 Å². The molecule has 0 unspecified atom stereocenters. The summed E-state index contributed by atoms with van der Waals surface area (Å²) in [7, 11) is 0. The maximum atomic E-state index is 13.1. The van der Waals surface area contributed by atoms with Crippen molar-refractivity contribution in [1.82, 2.24) is 5.32 Å². The van der Waals surface area contributed by atoms with Crippen LogP contribution in [0.5, 0.6) is 0 Å². The molecule has 0 atom stereocenters. The summed E-state index contributed by atoms with van der Waals surface area (Å²) in [6.45, 7) is 0.748. The molecule has 0 saturated carbocycles. The first-order chi connectivity index (χ1) is 8.72. The molecule has 0 radical (unpaired) electrons. The van der Waals surface area contributed by atoms with Crippen molar-refractivity contribution in [2.24, 2.45) is 4.99 Å². The van der Waals surface area contributed by atoms with E-state index in [-0.39, 0.29) is 11.7 Å². The number of nitrogens with zero attached hydrogens (tertiary/aromatic N) is 1. The molecule has 1 N–H and O–H groups in total. The Morgan fingerprint density at radius 3 is 3.06 bits per heavy atom. The van der Waals surface area contributed by atoms with Crippen LogP contribution in [0.25, 0.3) is 10.1 Å². The number of fused-ring (bicyclic) bond motifs is 1. The summed E-state index contributed by atoms with van der Waals surface area (Å²) >= 11 is 2.89. The Kier molecular flexibility index (Phi) is 3.05. The van der Waals surface area contributed by atoms with Crippen LogP contribution >= 0.6 is 23.1 Å². The van der Waals surface area contributed by atoms with Crippen LogP contribution < -0.4 is 5.32 Å². The first kappa shape index (κ1) is 11.7. The van der Waals surface area contributed by atoms with Crippen LogP contribution in [0.1, 0.15) is 9.67 Å². The van der Waals surface area contributed by atoms with Gasteiger partial charge in [-0.2, -0.15) is 0 Å². The van der Waals surface area contributed by atoms with Crippen molar-refractivity contribution in [3.63, 3.8) is 0 Å². The highest BCUT2D eigenvalue weighted by Crippen LogP contribution is 2.26. The normalized spacial score (nSPS) is 14.8. The lowest BCUT2D eigenvalue weighted by molar-refractivity contribution is 0.0982. The molecule has 0 spiro atoms. The van der Waals surface area contributed by atoms with Gasteiger partial charge in [-0.15, -0.1) is 11.3 Å². The number of halogens is 1. The Balaban J connectivity index is 1.87. The van der Waals surface area contributed by atoms with Gasteiger partial charge in [0.25, 0.3) is 5.91 Å². The smallest absolute Gasteiger partial charge is 0.267 e. The Bertz CT molecular complexity index is 651. The molecule has 3 rings (SSSR count). The zero-order valence-corrected chi connectivity index (χ0v) is 10.9. The predicted molar refractivity (Wildman–Crippen MR) is 74.0 cm³/mol. The van der Waals surface area contributed by atoms with Gasteiger partial charge in [0.15, 0.2) is 5.17 Å². The molecular formula is C12H9FN2OS2. The number of nitrogens with one attached hydrogen (secondary N) is 1. The molecule has 1 aromatic heterocycles. The number of rotatable bonds is 1. The second-order valence-electron chi connectivity index (χ2n) is 3.78. The van der Waals surface area contributed by atoms with E-state index in [1.165, 1.54) is 35.2 Å². The Labute approximate surface area is 111 Å². The molecule has 0 bridgehead atoms. The van der Waals surface area contributed by atoms with Gasteiger partial charge in [-0.3, -0.25) is 9.79 Å². The van der Waals surface area contributed by atoms with Gasteiger partial charge in [-0.1, -0.05) is 11.8 Å². The van der Waals surface area contributed by atoms with Gasteiger partial charge in [0.05, 0.1) is 11.4 Å². The molecule has 2 heterocycles. The van der Waals surface area contributed by atoms with Crippen molar-refractivity contribution in [3.8, 4) is 0 Å². The maximum Gasteiger partial charge on any atom is 0.267 e. The number of hydrogen-bond donors (Lipinski definition) is 1. The number of amidine groups is 1. The fourth-order valence-corrected chi connectivity index (χ4v) is 3.36. The fraction of sp³-hybridized carbons (Fsp3) is 0.167. The minimum absolute atomic E-state index is 0.176. The standard InChI is InChI=1S/C12H9FN2OS2/c13-8-1-2-9-7(5-8)6-10(18-9)11(16)15-12-14-3-4-17-12/h1-2,5-6H,3-4H2,(H,14,15,16). The maximum absolute atomic E-state index is 13.1. The van der Waals surface area contributed by atoms with Crippen LogP contribution in [0.4, 0.5) is 4.39 Å². The molecule has 1 aliphatic heterocycles. The highest BCUT2D eigenvalue weighted by molar-refractivity contribution is 8.14. The van der Waals surface area contributed by atoms with Crippen molar-refractivity contribution in [2.75, 3.05) is 12.3 Å². The zero-order valence-electron chi connectivity index (χ0n) is 9.27. The van der Waals surface area contributed by atoms with Crippen molar-refractivity contribution < 1.29 is 9.18 Å². The topological polar surface area (TPSA) is 41.5 Å². The molecular weight excluding hydrogens is 271 g/mol. The molecule has 2 aromatic rings. The van der Waals surface area contributed by atoms with Crippen LogP contribution in [0.2, 0.25) is 0 Å². The van der Waals surface area contributed by atoms with E-state index in [4.69, 9.17) is 0 Å². The van der Waals surface area contributed by atoms with Crippen molar-refractivity contribution in [2.45, 2.75) is 0 Å². The number of hydrogen-bond acceptors (Lipinski definition) is 4. The Morgan fingerprint density at radius 2 is 2.28 bits per heavy atom. The lowest BCUT2D eigenvalue weighted by Gasteiger charge is -2.00. The third kappa shape index (κ3) is 2.26. The van der Waals surface area contributed by atoms with Crippen LogP contribution in [0.3, 0.4) is 0 Å². The number of benzene rings is 1. The van der Waals surface area contributed by atoms with Gasteiger partial charge in [0, 0.05) is 10.5 Å². The fourth-order valence-electron chi connectivity index (χ4n) is 1.70. The largest absolute Gasteiger partial charge is 0.301 e. The summed E-state index contributed by atoms with van der Waals surface area (Å²) < 4.78 is 14.0. The number of carbonyl (C=O) groups excluding carboxylic acids is 1. The number of amides is 1. The van der Waals surface area contributed by atoms with E-state index < -0.39 is 0 Å². The lowest BCUT2D eigenvalue weighted by Crippen LogP contribution is -2.26. The highest BCUT2D eigenvalue weighted by atomic mass is 32.2. The van der Waals surface area contributed by atoms with E-state index in [9.17, 15) is 9.18 Å². The van der Waals surface area contributed by atoms with E-state index in [1.807, 2.05) is 0 Å². The second-order valence-corrected chi connectivity index (χ2v) is 5.95. The van der Waals surface area contributed by atoms with Crippen molar-refractivity contribution in [3.05, 3.63) is 35.0 Å². The van der Waals surface area contributed by atoms with Gasteiger partial charge in [0.1, 0.15) is 5.82 Å². The third-order valence-corrected chi connectivity index (χ3v) is 4.51. The molecule has 1 aromatic carbocycles. The minimum Gasteiger partial charge on any atom is -0.301 e. The first-order valence-electron chi connectivity index (χ1n) is 5.40. The predicted octanol–water partition coefficient (Wildman–Crippen LogP) is 2.87. The van der Waals surface area contributed by atoms with E-state index in [0.717, 1.165) is 22.4 Å². The summed E-state index contributed by atoms with van der Waals surface area (Å²) in [6.07, 6.45) is 0. The first-order valence-corrected chi connectivity index (χ1v) is 7.20. The zero-order chi connectivity index (χ0) is 12.5. The molecule has 1 amide bonds. The average molecular weight is 280 g/mol. The third-order valence-electron chi connectivity index (χ3n) is 2.51. The average Bonchev–Trinajstić information content (AvgIpc) is 2.96. The molecule has 18 heavy (non-hydrogen) atoms. The summed E-state index contributed by atoms with van der Waals surface area (Å²) in [5.74, 6) is 0.445. The van der Waals surface area contributed by atoms with Crippen LogP contribution in [-0.2, 0) is 0 Å². The molecule has 92 valence electrons. The highest BCUT2D eigenvalue weighted by Gasteiger charge is 2.15. The van der Waals surface area contributed by atoms with Gasteiger partial charge in [-0.25, -0.2) is 4.39 Å². The lowest BCUT2D eigenvalue weighted by atomic mass is 10.2. The van der Waals surface area contributed by atoms with E-state index >= 15 is 0 Å². The summed E-state index contributed by atoms with van der Waals surface area (Å²) in [6, 6.07) is 6.23. The Morgan fingerprint density at radius 1 is 1.39 bits per heavy atom. The minimum atomic E-state index is -0.289. The van der Waals surface area contributed by atoms with Crippen LogP contribution in [0.15, 0.2) is 29.3 Å². The quantitative estimate of drug-likeness (QED) is 0.872. The number of carbonyl (C=O) groups is 1. The molecule has 0 aliphatic carbocycles.